The van der Waals surface area contributed by atoms with Gasteiger partial charge in [-0.15, -0.1) is 0 Å². The molecule has 0 radical (unpaired) electrons. The normalized spacial score (nSPS) is 12.8. The Morgan fingerprint density at radius 1 is 0.762 bits per heavy atom. The molecule has 0 unspecified atom stereocenters. The summed E-state index contributed by atoms with van der Waals surface area (Å²) in [6, 6.07) is 0. The summed E-state index contributed by atoms with van der Waals surface area (Å²) in [6.07, 6.45) is -9.82. The van der Waals surface area contributed by atoms with Gasteiger partial charge in [-0.05, 0) is 37.5 Å². The maximum Gasteiger partial charge on any atom is 2.00 e. The van der Waals surface area contributed by atoms with E-state index in [-0.39, 0.29) is 28.6 Å². The first-order valence-electron chi connectivity index (χ1n) is 4.61. The minimum absolute atomic E-state index is 0. The van der Waals surface area contributed by atoms with Gasteiger partial charge < -0.3 is 10.2 Å². The average molecular weight is 365 g/mol. The summed E-state index contributed by atoms with van der Waals surface area (Å²) in [5.41, 5.74) is 0. The summed E-state index contributed by atoms with van der Waals surface area (Å²) in [7, 11) is 0. The maximum absolute atomic E-state index is 11.3. The van der Waals surface area contributed by atoms with Gasteiger partial charge in [0, 0.05) is 0 Å². The molecule has 0 aliphatic heterocycles. The monoisotopic (exact) mass is 364 g/mol. The Hall–Kier alpha value is -1.51. The number of hydrogen-bond donors (Lipinski definition) is 0. The number of halogens is 6. The van der Waals surface area contributed by atoms with Gasteiger partial charge in [-0.3, -0.25) is 9.59 Å². The molecule has 0 N–H and O–H groups in total. The van der Waals surface area contributed by atoms with Gasteiger partial charge in [-0.1, -0.05) is 0 Å². The summed E-state index contributed by atoms with van der Waals surface area (Å²) < 4.78 is 67.7. The molecule has 11 heteroatoms. The van der Waals surface area contributed by atoms with Crippen LogP contribution in [-0.4, -0.2) is 23.9 Å². The fraction of sp³-hybridized carbons (Fsp3) is 0.400. The molecular weight excluding hydrogens is 357 g/mol. The van der Waals surface area contributed by atoms with E-state index in [4.69, 9.17) is 0 Å². The Morgan fingerprint density at radius 2 is 0.952 bits per heavy atom. The molecular formula is C10H8F6NiO4. The zero-order chi connectivity index (χ0) is 16.7. The molecule has 124 valence electrons. The standard InChI is InChI=1S/2C5H5F3O2.Ni/c2*1-3(9)2-4(10)5(6,7)8;/h2*2,10H,1H3;/q;;+2/p-2/b4-2+;4-2-;. The van der Waals surface area contributed by atoms with Crippen molar-refractivity contribution >= 4 is 11.6 Å². The number of alkyl halides is 6. The molecule has 0 atom stereocenters. The second-order valence-electron chi connectivity index (χ2n) is 3.23. The Bertz CT molecular complexity index is 382. The van der Waals surface area contributed by atoms with Crippen molar-refractivity contribution in [3.05, 3.63) is 23.7 Å². The molecule has 0 aromatic rings. The number of rotatable bonds is 2. The van der Waals surface area contributed by atoms with Gasteiger partial charge >= 0.3 is 28.8 Å². The Labute approximate surface area is 125 Å². The number of hydrogen-bond acceptors (Lipinski definition) is 4. The quantitative estimate of drug-likeness (QED) is 0.313. The molecule has 21 heavy (non-hydrogen) atoms. The Kier molecular flexibility index (Phi) is 11.0. The van der Waals surface area contributed by atoms with Gasteiger partial charge in [0.15, 0.2) is 11.6 Å². The molecule has 0 spiro atoms. The second kappa shape index (κ2) is 9.43. The summed E-state index contributed by atoms with van der Waals surface area (Å²) in [4.78, 5) is 19.8. The van der Waals surface area contributed by atoms with Gasteiger partial charge in [0.25, 0.3) is 0 Å². The molecule has 0 aromatic carbocycles. The fourth-order valence-electron chi connectivity index (χ4n) is 0.533. The Balaban J connectivity index is -0.000000295. The van der Waals surface area contributed by atoms with E-state index < -0.39 is 35.4 Å². The van der Waals surface area contributed by atoms with Crippen molar-refractivity contribution in [2.45, 2.75) is 26.2 Å². The zero-order valence-electron chi connectivity index (χ0n) is 10.4. The number of ketones is 2. The number of carbonyl (C=O) groups excluding carboxylic acids is 2. The van der Waals surface area contributed by atoms with Gasteiger partial charge in [0.05, 0.1) is 0 Å². The van der Waals surface area contributed by atoms with Crippen molar-refractivity contribution in [3.63, 3.8) is 0 Å². The predicted molar refractivity (Wildman–Crippen MR) is 49.6 cm³/mol. The third-order valence-electron chi connectivity index (χ3n) is 1.23. The van der Waals surface area contributed by atoms with Gasteiger partial charge in [0.2, 0.25) is 0 Å². The summed E-state index contributed by atoms with van der Waals surface area (Å²) in [5, 5.41) is 19.7. The van der Waals surface area contributed by atoms with Crippen LogP contribution in [0.2, 0.25) is 0 Å². The van der Waals surface area contributed by atoms with Gasteiger partial charge in [0.1, 0.15) is 0 Å². The molecule has 0 aromatic heterocycles. The first-order valence-corrected chi connectivity index (χ1v) is 4.61. The van der Waals surface area contributed by atoms with Crippen molar-refractivity contribution in [2.75, 3.05) is 0 Å². The topological polar surface area (TPSA) is 80.3 Å². The largest absolute Gasteiger partial charge is 2.00 e. The molecule has 0 rings (SSSR count). The zero-order valence-corrected chi connectivity index (χ0v) is 11.4. The third kappa shape index (κ3) is 14.7. The molecule has 0 saturated heterocycles. The minimum Gasteiger partial charge on any atom is -0.869 e. The first-order chi connectivity index (χ1) is 8.67. The average Bonchev–Trinajstić information content (AvgIpc) is 2.13. The van der Waals surface area contributed by atoms with Crippen LogP contribution in [0.4, 0.5) is 26.3 Å². The summed E-state index contributed by atoms with van der Waals surface area (Å²) in [6.45, 7) is 1.76. The molecule has 0 saturated carbocycles. The summed E-state index contributed by atoms with van der Waals surface area (Å²) >= 11 is 0. The van der Waals surface area contributed by atoms with Crippen LogP contribution < -0.4 is 10.2 Å². The molecule has 0 aliphatic rings. The van der Waals surface area contributed by atoms with E-state index in [9.17, 15) is 46.1 Å². The van der Waals surface area contributed by atoms with Crippen molar-refractivity contribution in [1.82, 2.24) is 0 Å². The third-order valence-corrected chi connectivity index (χ3v) is 1.23. The fourth-order valence-corrected chi connectivity index (χ4v) is 0.533. The molecule has 0 aliphatic carbocycles. The molecule has 0 bridgehead atoms. The molecule has 4 nitrogen and oxygen atoms in total. The SMILES string of the molecule is CC(=O)/C=C(/[O-])C(F)(F)F.CC(=O)/C=C(\[O-])C(F)(F)F.[Ni+2]. The van der Waals surface area contributed by atoms with Crippen LogP contribution in [0.5, 0.6) is 0 Å². The number of carbonyl (C=O) groups is 2. The van der Waals surface area contributed by atoms with Gasteiger partial charge in [-0.25, -0.2) is 0 Å². The van der Waals surface area contributed by atoms with Crippen molar-refractivity contribution in [3.8, 4) is 0 Å². The van der Waals surface area contributed by atoms with Crippen LogP contribution in [0.3, 0.4) is 0 Å². The molecule has 0 amide bonds. The van der Waals surface area contributed by atoms with Crippen molar-refractivity contribution in [2.24, 2.45) is 0 Å². The first kappa shape index (κ1) is 24.5. The van der Waals surface area contributed by atoms with Crippen LogP contribution in [-0.2, 0) is 26.1 Å². The predicted octanol–water partition coefficient (Wildman–Crippen LogP) is 0.761. The van der Waals surface area contributed by atoms with E-state index in [0.29, 0.717) is 0 Å². The van der Waals surface area contributed by atoms with E-state index in [0.717, 1.165) is 13.8 Å². The number of allylic oxidation sites excluding steroid dienone is 4. The Morgan fingerprint density at radius 3 is 1.00 bits per heavy atom. The van der Waals surface area contributed by atoms with E-state index in [1.54, 1.807) is 0 Å². The molecule has 0 fully saturated rings. The minimum atomic E-state index is -4.92. The van der Waals surface area contributed by atoms with Crippen LogP contribution in [0.1, 0.15) is 13.8 Å². The van der Waals surface area contributed by atoms with Crippen molar-refractivity contribution < 1.29 is 62.6 Å². The second-order valence-corrected chi connectivity index (χ2v) is 3.23. The van der Waals surface area contributed by atoms with Crippen LogP contribution >= 0.6 is 0 Å². The van der Waals surface area contributed by atoms with E-state index in [1.807, 2.05) is 0 Å². The summed E-state index contributed by atoms with van der Waals surface area (Å²) in [5.74, 6) is -6.02. The van der Waals surface area contributed by atoms with E-state index in [2.05, 4.69) is 0 Å². The van der Waals surface area contributed by atoms with Crippen LogP contribution in [0, 0.1) is 0 Å². The maximum atomic E-state index is 11.3. The van der Waals surface area contributed by atoms with Gasteiger partial charge in [-0.2, -0.15) is 26.3 Å². The van der Waals surface area contributed by atoms with Crippen molar-refractivity contribution in [1.29, 1.82) is 0 Å². The molecule has 0 heterocycles. The van der Waals surface area contributed by atoms with Crippen LogP contribution in [0.25, 0.3) is 0 Å². The smallest absolute Gasteiger partial charge is 0.869 e. The van der Waals surface area contributed by atoms with E-state index >= 15 is 0 Å². The van der Waals surface area contributed by atoms with Crippen LogP contribution in [0.15, 0.2) is 23.7 Å². The van der Waals surface area contributed by atoms with E-state index in [1.165, 1.54) is 0 Å².